The van der Waals surface area contributed by atoms with Crippen LogP contribution in [0.2, 0.25) is 5.02 Å². The van der Waals surface area contributed by atoms with E-state index in [2.05, 4.69) is 17.6 Å². The highest BCUT2D eigenvalue weighted by molar-refractivity contribution is 6.30. The summed E-state index contributed by atoms with van der Waals surface area (Å²) in [5, 5.41) is 6.77. The number of amides is 2. The molecule has 0 bridgehead atoms. The van der Waals surface area contributed by atoms with Crippen molar-refractivity contribution in [1.29, 1.82) is 0 Å². The average molecular weight is 352 g/mol. The van der Waals surface area contributed by atoms with Crippen LogP contribution < -0.4 is 10.6 Å². The van der Waals surface area contributed by atoms with Gasteiger partial charge in [0.25, 0.3) is 5.91 Å². The van der Waals surface area contributed by atoms with Crippen LogP contribution in [-0.4, -0.2) is 48.9 Å². The summed E-state index contributed by atoms with van der Waals surface area (Å²) >= 11 is 5.81. The van der Waals surface area contributed by atoms with Gasteiger partial charge in [-0.05, 0) is 50.1 Å². The van der Waals surface area contributed by atoms with Crippen LogP contribution in [-0.2, 0) is 4.79 Å². The molecule has 1 aliphatic heterocycles. The molecule has 0 radical (unpaired) electrons. The third-order valence-electron chi connectivity index (χ3n) is 4.22. The number of benzene rings is 1. The molecule has 2 amide bonds. The highest BCUT2D eigenvalue weighted by Crippen LogP contribution is 2.12. The fourth-order valence-corrected chi connectivity index (χ4v) is 3.07. The van der Waals surface area contributed by atoms with E-state index in [4.69, 9.17) is 11.6 Å². The average Bonchev–Trinajstić information content (AvgIpc) is 3.11. The monoisotopic (exact) mass is 351 g/mol. The van der Waals surface area contributed by atoms with Crippen molar-refractivity contribution in [1.82, 2.24) is 15.5 Å². The summed E-state index contributed by atoms with van der Waals surface area (Å²) in [5.41, 5.74) is 0.579. The second-order valence-corrected chi connectivity index (χ2v) is 6.54. The van der Waals surface area contributed by atoms with E-state index >= 15 is 0 Å². The summed E-state index contributed by atoms with van der Waals surface area (Å²) in [6.07, 6.45) is 3.12. The molecule has 24 heavy (non-hydrogen) atoms. The molecular weight excluding hydrogens is 326 g/mol. The van der Waals surface area contributed by atoms with Crippen molar-refractivity contribution in [2.24, 2.45) is 0 Å². The lowest BCUT2D eigenvalue weighted by Gasteiger charge is -2.28. The van der Waals surface area contributed by atoms with E-state index < -0.39 is 0 Å². The van der Waals surface area contributed by atoms with E-state index in [0.29, 0.717) is 36.0 Å². The Morgan fingerprint density at radius 3 is 2.71 bits per heavy atom. The third-order valence-corrected chi connectivity index (χ3v) is 4.47. The van der Waals surface area contributed by atoms with E-state index in [1.165, 1.54) is 0 Å². The molecule has 132 valence electrons. The molecule has 2 rings (SSSR count). The summed E-state index contributed by atoms with van der Waals surface area (Å²) < 4.78 is 0. The van der Waals surface area contributed by atoms with E-state index in [-0.39, 0.29) is 11.8 Å². The SMILES string of the molecule is CCCN(C(=O)CCCNC(=O)c1ccc(Cl)cc1)C1CCNC1. The smallest absolute Gasteiger partial charge is 0.251 e. The van der Waals surface area contributed by atoms with Gasteiger partial charge in [-0.1, -0.05) is 18.5 Å². The molecule has 0 aromatic heterocycles. The van der Waals surface area contributed by atoms with Crippen LogP contribution in [0, 0.1) is 0 Å². The van der Waals surface area contributed by atoms with Crippen LogP contribution in [0.3, 0.4) is 0 Å². The van der Waals surface area contributed by atoms with Gasteiger partial charge in [-0.3, -0.25) is 9.59 Å². The third kappa shape index (κ3) is 5.49. The Morgan fingerprint density at radius 1 is 1.33 bits per heavy atom. The standard InChI is InChI=1S/C18H26ClN3O2/c1-2-12-22(16-9-11-20-13-16)17(23)4-3-10-21-18(24)14-5-7-15(19)8-6-14/h5-8,16,20H,2-4,9-13H2,1H3,(H,21,24). The van der Waals surface area contributed by atoms with Crippen LogP contribution in [0.15, 0.2) is 24.3 Å². The Kier molecular flexibility index (Phi) is 7.53. The Balaban J connectivity index is 1.72. The zero-order chi connectivity index (χ0) is 17.4. The van der Waals surface area contributed by atoms with Crippen LogP contribution in [0.5, 0.6) is 0 Å². The minimum absolute atomic E-state index is 0.135. The number of carbonyl (C=O) groups excluding carboxylic acids is 2. The highest BCUT2D eigenvalue weighted by atomic mass is 35.5. The Morgan fingerprint density at radius 2 is 2.08 bits per heavy atom. The Bertz CT molecular complexity index is 542. The number of carbonyl (C=O) groups is 2. The predicted octanol–water partition coefficient (Wildman–Crippen LogP) is 2.45. The molecule has 1 saturated heterocycles. The van der Waals surface area contributed by atoms with Crippen molar-refractivity contribution in [3.05, 3.63) is 34.9 Å². The van der Waals surface area contributed by atoms with Gasteiger partial charge in [-0.2, -0.15) is 0 Å². The first kappa shape index (κ1) is 18.7. The minimum Gasteiger partial charge on any atom is -0.352 e. The van der Waals surface area contributed by atoms with Gasteiger partial charge in [0.05, 0.1) is 0 Å². The summed E-state index contributed by atoms with van der Waals surface area (Å²) in [6, 6.07) is 7.09. The molecule has 0 spiro atoms. The molecule has 2 N–H and O–H groups in total. The van der Waals surface area contributed by atoms with E-state index in [0.717, 1.165) is 32.5 Å². The molecule has 1 aromatic carbocycles. The zero-order valence-electron chi connectivity index (χ0n) is 14.2. The molecule has 1 aliphatic rings. The number of rotatable bonds is 8. The van der Waals surface area contributed by atoms with Crippen LogP contribution in [0.1, 0.15) is 43.0 Å². The van der Waals surface area contributed by atoms with Gasteiger partial charge in [0.1, 0.15) is 0 Å². The number of hydrogen-bond donors (Lipinski definition) is 2. The molecule has 0 aliphatic carbocycles. The Hall–Kier alpha value is -1.59. The molecule has 1 aromatic rings. The van der Waals surface area contributed by atoms with E-state index in [9.17, 15) is 9.59 Å². The zero-order valence-corrected chi connectivity index (χ0v) is 14.9. The second-order valence-electron chi connectivity index (χ2n) is 6.10. The number of hydrogen-bond acceptors (Lipinski definition) is 3. The largest absolute Gasteiger partial charge is 0.352 e. The molecule has 1 atom stereocenters. The summed E-state index contributed by atoms with van der Waals surface area (Å²) in [4.78, 5) is 26.4. The lowest BCUT2D eigenvalue weighted by Crippen LogP contribution is -2.42. The van der Waals surface area contributed by atoms with Crippen LogP contribution in [0.25, 0.3) is 0 Å². The lowest BCUT2D eigenvalue weighted by atomic mass is 10.1. The molecule has 6 heteroatoms. The van der Waals surface area contributed by atoms with E-state index in [1.54, 1.807) is 24.3 Å². The van der Waals surface area contributed by atoms with Crippen molar-refractivity contribution < 1.29 is 9.59 Å². The second kappa shape index (κ2) is 9.64. The molecular formula is C18H26ClN3O2. The summed E-state index contributed by atoms with van der Waals surface area (Å²) in [5.74, 6) is 0.0517. The molecule has 0 saturated carbocycles. The van der Waals surface area contributed by atoms with Gasteiger partial charge in [0.2, 0.25) is 5.91 Å². The molecule has 1 fully saturated rings. The first-order valence-corrected chi connectivity index (χ1v) is 9.03. The maximum absolute atomic E-state index is 12.4. The van der Waals surface area contributed by atoms with Crippen molar-refractivity contribution >= 4 is 23.4 Å². The van der Waals surface area contributed by atoms with E-state index in [1.807, 2.05) is 4.90 Å². The first-order chi connectivity index (χ1) is 11.6. The van der Waals surface area contributed by atoms with Gasteiger partial charge in [0, 0.05) is 42.7 Å². The Labute approximate surface area is 148 Å². The van der Waals surface area contributed by atoms with Crippen molar-refractivity contribution in [2.45, 2.75) is 38.6 Å². The maximum Gasteiger partial charge on any atom is 0.251 e. The number of nitrogens with one attached hydrogen (secondary N) is 2. The molecule has 5 nitrogen and oxygen atoms in total. The molecule has 1 heterocycles. The van der Waals surface area contributed by atoms with Crippen LogP contribution >= 0.6 is 11.6 Å². The van der Waals surface area contributed by atoms with Gasteiger partial charge in [-0.15, -0.1) is 0 Å². The van der Waals surface area contributed by atoms with Gasteiger partial charge < -0.3 is 15.5 Å². The first-order valence-electron chi connectivity index (χ1n) is 8.65. The van der Waals surface area contributed by atoms with Crippen molar-refractivity contribution in [3.63, 3.8) is 0 Å². The molecule has 1 unspecified atom stereocenters. The fourth-order valence-electron chi connectivity index (χ4n) is 2.95. The van der Waals surface area contributed by atoms with Gasteiger partial charge in [-0.25, -0.2) is 0 Å². The summed E-state index contributed by atoms with van der Waals surface area (Å²) in [6.45, 7) is 5.27. The highest BCUT2D eigenvalue weighted by Gasteiger charge is 2.25. The predicted molar refractivity (Wildman–Crippen MR) is 96.3 cm³/mol. The fraction of sp³-hybridized carbons (Fsp3) is 0.556. The van der Waals surface area contributed by atoms with Gasteiger partial charge in [0.15, 0.2) is 0 Å². The topological polar surface area (TPSA) is 61.4 Å². The van der Waals surface area contributed by atoms with Crippen LogP contribution in [0.4, 0.5) is 0 Å². The summed E-state index contributed by atoms with van der Waals surface area (Å²) in [7, 11) is 0. The van der Waals surface area contributed by atoms with Crippen molar-refractivity contribution in [2.75, 3.05) is 26.2 Å². The quantitative estimate of drug-likeness (QED) is 0.707. The normalized spacial score (nSPS) is 16.8. The minimum atomic E-state index is -0.135. The lowest BCUT2D eigenvalue weighted by molar-refractivity contribution is -0.133. The van der Waals surface area contributed by atoms with Crippen molar-refractivity contribution in [3.8, 4) is 0 Å². The number of nitrogens with zero attached hydrogens (tertiary/aromatic N) is 1. The maximum atomic E-state index is 12.4. The number of halogens is 1. The van der Waals surface area contributed by atoms with Gasteiger partial charge >= 0.3 is 0 Å².